The van der Waals surface area contributed by atoms with Gasteiger partial charge >= 0.3 is 0 Å². The first-order valence-corrected chi connectivity index (χ1v) is 6.95. The van der Waals surface area contributed by atoms with Gasteiger partial charge in [0, 0.05) is 23.4 Å². The Hall–Kier alpha value is -2.66. The summed E-state index contributed by atoms with van der Waals surface area (Å²) in [5.74, 6) is -0.203. The van der Waals surface area contributed by atoms with Gasteiger partial charge in [-0.2, -0.15) is 0 Å². The van der Waals surface area contributed by atoms with E-state index in [-0.39, 0.29) is 11.7 Å². The van der Waals surface area contributed by atoms with Crippen molar-refractivity contribution < 1.29 is 4.79 Å². The van der Waals surface area contributed by atoms with Crippen molar-refractivity contribution in [3.8, 4) is 0 Å². The summed E-state index contributed by atoms with van der Waals surface area (Å²) in [6, 6.07) is 14.5. The van der Waals surface area contributed by atoms with Crippen molar-refractivity contribution in [1.29, 1.82) is 5.41 Å². The third-order valence-corrected chi connectivity index (χ3v) is 3.12. The van der Waals surface area contributed by atoms with Gasteiger partial charge in [-0.15, -0.1) is 0 Å². The van der Waals surface area contributed by atoms with E-state index in [2.05, 4.69) is 5.32 Å². The van der Waals surface area contributed by atoms with Gasteiger partial charge in [0.05, 0.1) is 0 Å². The lowest BCUT2D eigenvalue weighted by atomic mass is 10.1. The third kappa shape index (κ3) is 4.17. The summed E-state index contributed by atoms with van der Waals surface area (Å²) in [5.41, 5.74) is 8.34. The molecule has 0 aromatic heterocycles. The van der Waals surface area contributed by atoms with Crippen molar-refractivity contribution >= 4 is 17.4 Å². The number of benzene rings is 2. The molecule has 0 saturated heterocycles. The predicted molar refractivity (Wildman–Crippen MR) is 89.2 cm³/mol. The minimum Gasteiger partial charge on any atom is -0.384 e. The smallest absolute Gasteiger partial charge is 0.255 e. The molecule has 0 aliphatic heterocycles. The average Bonchev–Trinajstić information content (AvgIpc) is 2.47. The van der Waals surface area contributed by atoms with Crippen LogP contribution in [0.25, 0.3) is 0 Å². The second-order valence-corrected chi connectivity index (χ2v) is 5.39. The molecule has 1 amide bonds. The van der Waals surface area contributed by atoms with Crippen LogP contribution in [-0.4, -0.2) is 30.7 Å². The van der Waals surface area contributed by atoms with E-state index in [0.717, 1.165) is 12.1 Å². The van der Waals surface area contributed by atoms with Gasteiger partial charge in [0.15, 0.2) is 0 Å². The lowest BCUT2D eigenvalue weighted by molar-refractivity contribution is 0.102. The molecule has 0 bridgehead atoms. The number of rotatable bonds is 5. The second-order valence-electron chi connectivity index (χ2n) is 5.39. The molecular formula is C17H20N4O. The van der Waals surface area contributed by atoms with Crippen LogP contribution in [0.4, 0.5) is 5.69 Å². The van der Waals surface area contributed by atoms with E-state index >= 15 is 0 Å². The lowest BCUT2D eigenvalue weighted by Gasteiger charge is -2.11. The molecule has 0 saturated carbocycles. The Morgan fingerprint density at radius 3 is 2.50 bits per heavy atom. The van der Waals surface area contributed by atoms with Gasteiger partial charge < -0.3 is 16.0 Å². The van der Waals surface area contributed by atoms with E-state index in [1.807, 2.05) is 37.2 Å². The standard InChI is InChI=1S/C17H20N4O/c1-21(2)11-12-5-3-7-14(9-12)17(22)20-15-8-4-6-13(10-15)16(18)19/h3-10H,11H2,1-2H3,(H3,18,19)(H,20,22). The Morgan fingerprint density at radius 1 is 1.14 bits per heavy atom. The van der Waals surface area contributed by atoms with Crippen LogP contribution < -0.4 is 11.1 Å². The van der Waals surface area contributed by atoms with Crippen LogP contribution in [0.3, 0.4) is 0 Å². The van der Waals surface area contributed by atoms with Crippen molar-refractivity contribution in [2.75, 3.05) is 19.4 Å². The van der Waals surface area contributed by atoms with Crippen LogP contribution in [0.15, 0.2) is 48.5 Å². The Kier molecular flexibility index (Phi) is 4.91. The van der Waals surface area contributed by atoms with Crippen LogP contribution in [-0.2, 0) is 6.54 Å². The summed E-state index contributed by atoms with van der Waals surface area (Å²) in [6.45, 7) is 0.779. The molecule has 2 aromatic carbocycles. The number of anilines is 1. The largest absolute Gasteiger partial charge is 0.384 e. The van der Waals surface area contributed by atoms with Crippen molar-refractivity contribution in [1.82, 2.24) is 4.90 Å². The quantitative estimate of drug-likeness (QED) is 0.585. The van der Waals surface area contributed by atoms with Gasteiger partial charge in [-0.05, 0) is 43.9 Å². The molecule has 22 heavy (non-hydrogen) atoms. The zero-order chi connectivity index (χ0) is 16.1. The molecule has 0 atom stereocenters. The van der Waals surface area contributed by atoms with Crippen LogP contribution in [0, 0.1) is 5.41 Å². The van der Waals surface area contributed by atoms with Crippen molar-refractivity contribution in [3.05, 3.63) is 65.2 Å². The topological polar surface area (TPSA) is 82.2 Å². The zero-order valence-corrected chi connectivity index (χ0v) is 12.8. The van der Waals surface area contributed by atoms with Gasteiger partial charge in [0.1, 0.15) is 5.84 Å². The lowest BCUT2D eigenvalue weighted by Crippen LogP contribution is -2.15. The predicted octanol–water partition coefficient (Wildman–Crippen LogP) is 2.28. The summed E-state index contributed by atoms with van der Waals surface area (Å²) in [5, 5.41) is 10.3. The maximum atomic E-state index is 12.3. The SMILES string of the molecule is CN(C)Cc1cccc(C(=O)Nc2cccc(C(=N)N)c2)c1. The first kappa shape index (κ1) is 15.7. The van der Waals surface area contributed by atoms with Crippen LogP contribution in [0.1, 0.15) is 21.5 Å². The normalized spacial score (nSPS) is 10.5. The summed E-state index contributed by atoms with van der Waals surface area (Å²) in [6.07, 6.45) is 0. The fourth-order valence-electron chi connectivity index (χ4n) is 2.14. The summed E-state index contributed by atoms with van der Waals surface area (Å²) >= 11 is 0. The fraction of sp³-hybridized carbons (Fsp3) is 0.176. The molecule has 0 unspecified atom stereocenters. The maximum Gasteiger partial charge on any atom is 0.255 e. The molecule has 5 nitrogen and oxygen atoms in total. The Bertz CT molecular complexity index is 695. The van der Waals surface area contributed by atoms with E-state index in [1.165, 1.54) is 0 Å². The molecule has 0 heterocycles. The maximum absolute atomic E-state index is 12.3. The number of carbonyl (C=O) groups excluding carboxylic acids is 1. The summed E-state index contributed by atoms with van der Waals surface area (Å²) < 4.78 is 0. The molecule has 0 spiro atoms. The number of nitrogens with two attached hydrogens (primary N) is 1. The number of nitrogens with one attached hydrogen (secondary N) is 2. The molecule has 2 rings (SSSR count). The van der Waals surface area contributed by atoms with Gasteiger partial charge in [0.2, 0.25) is 0 Å². The molecule has 2 aromatic rings. The van der Waals surface area contributed by atoms with E-state index in [1.54, 1.807) is 30.3 Å². The number of nitrogen functional groups attached to an aromatic ring is 1. The monoisotopic (exact) mass is 296 g/mol. The number of nitrogens with zero attached hydrogens (tertiary/aromatic N) is 1. The second kappa shape index (κ2) is 6.87. The number of carbonyl (C=O) groups is 1. The number of amidine groups is 1. The highest BCUT2D eigenvalue weighted by molar-refractivity contribution is 6.05. The first-order valence-electron chi connectivity index (χ1n) is 6.95. The van der Waals surface area contributed by atoms with Crippen molar-refractivity contribution in [2.24, 2.45) is 5.73 Å². The van der Waals surface area contributed by atoms with Gasteiger partial charge in [-0.3, -0.25) is 10.2 Å². The molecule has 5 heteroatoms. The van der Waals surface area contributed by atoms with Gasteiger partial charge in [-0.1, -0.05) is 24.3 Å². The van der Waals surface area contributed by atoms with Crippen LogP contribution in [0.2, 0.25) is 0 Å². The Morgan fingerprint density at radius 2 is 1.82 bits per heavy atom. The molecule has 0 aliphatic carbocycles. The van der Waals surface area contributed by atoms with Gasteiger partial charge in [0.25, 0.3) is 5.91 Å². The third-order valence-electron chi connectivity index (χ3n) is 3.12. The minimum atomic E-state index is -0.179. The van der Waals surface area contributed by atoms with Crippen LogP contribution in [0.5, 0.6) is 0 Å². The highest BCUT2D eigenvalue weighted by Gasteiger charge is 2.08. The highest BCUT2D eigenvalue weighted by Crippen LogP contribution is 2.13. The molecular weight excluding hydrogens is 276 g/mol. The van der Waals surface area contributed by atoms with E-state index < -0.39 is 0 Å². The van der Waals surface area contributed by atoms with E-state index in [0.29, 0.717) is 16.8 Å². The average molecular weight is 296 g/mol. The first-order chi connectivity index (χ1) is 10.5. The molecule has 4 N–H and O–H groups in total. The molecule has 0 aliphatic rings. The molecule has 114 valence electrons. The number of hydrogen-bond donors (Lipinski definition) is 3. The molecule has 0 radical (unpaired) electrons. The Balaban J connectivity index is 2.15. The van der Waals surface area contributed by atoms with Gasteiger partial charge in [-0.25, -0.2) is 0 Å². The number of hydrogen-bond acceptors (Lipinski definition) is 3. The summed E-state index contributed by atoms with van der Waals surface area (Å²) in [7, 11) is 3.97. The molecule has 0 fully saturated rings. The highest BCUT2D eigenvalue weighted by atomic mass is 16.1. The zero-order valence-electron chi connectivity index (χ0n) is 12.8. The Labute approximate surface area is 130 Å². The van der Waals surface area contributed by atoms with Crippen molar-refractivity contribution in [3.63, 3.8) is 0 Å². The number of amides is 1. The van der Waals surface area contributed by atoms with Crippen molar-refractivity contribution in [2.45, 2.75) is 6.54 Å². The van der Waals surface area contributed by atoms with E-state index in [9.17, 15) is 4.79 Å². The fourth-order valence-corrected chi connectivity index (χ4v) is 2.14. The van der Waals surface area contributed by atoms with Crippen LogP contribution >= 0.6 is 0 Å². The minimum absolute atomic E-state index is 0.0240. The summed E-state index contributed by atoms with van der Waals surface area (Å²) in [4.78, 5) is 14.4. The van der Waals surface area contributed by atoms with E-state index in [4.69, 9.17) is 11.1 Å².